The fraction of sp³-hybridized carbons (Fsp3) is 0.407. The van der Waals surface area contributed by atoms with Gasteiger partial charge in [-0.1, -0.05) is 30.3 Å². The molecule has 184 valence electrons. The van der Waals surface area contributed by atoms with E-state index in [1.807, 2.05) is 4.90 Å². The first-order chi connectivity index (χ1) is 16.8. The van der Waals surface area contributed by atoms with Crippen molar-refractivity contribution in [2.24, 2.45) is 5.92 Å². The first kappa shape index (κ1) is 24.4. The first-order valence-electron chi connectivity index (χ1n) is 12.2. The maximum Gasteiger partial charge on any atom is 0.276 e. The summed E-state index contributed by atoms with van der Waals surface area (Å²) < 4.78 is 0. The van der Waals surface area contributed by atoms with E-state index >= 15 is 0 Å². The number of benzene rings is 2. The highest BCUT2D eigenvalue weighted by molar-refractivity contribution is 5.93. The maximum atomic E-state index is 13.3. The molecule has 8 nitrogen and oxygen atoms in total. The van der Waals surface area contributed by atoms with Gasteiger partial charge in [-0.2, -0.15) is 0 Å². The molecule has 0 aromatic heterocycles. The third-order valence-corrected chi connectivity index (χ3v) is 6.97. The van der Waals surface area contributed by atoms with Gasteiger partial charge in [0.1, 0.15) is 0 Å². The van der Waals surface area contributed by atoms with Crippen molar-refractivity contribution in [1.29, 1.82) is 0 Å². The van der Waals surface area contributed by atoms with Crippen LogP contribution in [-0.2, 0) is 9.59 Å². The molecule has 2 amide bonds. The Morgan fingerprint density at radius 2 is 1.63 bits per heavy atom. The van der Waals surface area contributed by atoms with Crippen LogP contribution in [0.4, 0.5) is 11.4 Å². The molecule has 2 heterocycles. The SMILES string of the molecule is Cc1cccc(C)c1N1CCN(C(=O)C2CCCN(C(=O)/C=C/c3ccccc3[N+](=O)[O-])C2)CC1. The highest BCUT2D eigenvalue weighted by Gasteiger charge is 2.32. The summed E-state index contributed by atoms with van der Waals surface area (Å²) in [7, 11) is 0. The Kier molecular flexibility index (Phi) is 7.48. The fourth-order valence-electron chi connectivity index (χ4n) is 5.15. The Morgan fingerprint density at radius 3 is 2.31 bits per heavy atom. The molecule has 1 atom stereocenters. The lowest BCUT2D eigenvalue weighted by Gasteiger charge is -2.40. The van der Waals surface area contributed by atoms with Gasteiger partial charge in [-0.05, 0) is 50.0 Å². The number of carbonyl (C=O) groups excluding carboxylic acids is 2. The van der Waals surface area contributed by atoms with E-state index in [1.54, 1.807) is 23.1 Å². The van der Waals surface area contributed by atoms with Gasteiger partial charge in [0.25, 0.3) is 5.69 Å². The molecule has 4 rings (SSSR count). The Labute approximate surface area is 206 Å². The molecule has 2 saturated heterocycles. The van der Waals surface area contributed by atoms with E-state index in [-0.39, 0.29) is 23.4 Å². The highest BCUT2D eigenvalue weighted by atomic mass is 16.6. The minimum absolute atomic E-state index is 0.0386. The third-order valence-electron chi connectivity index (χ3n) is 6.97. The van der Waals surface area contributed by atoms with Crippen molar-refractivity contribution < 1.29 is 14.5 Å². The zero-order valence-corrected chi connectivity index (χ0v) is 20.4. The molecule has 35 heavy (non-hydrogen) atoms. The molecule has 0 aliphatic carbocycles. The summed E-state index contributed by atoms with van der Waals surface area (Å²) in [6.45, 7) is 8.16. The number of aryl methyl sites for hydroxylation is 2. The predicted octanol–water partition coefficient (Wildman–Crippen LogP) is 3.81. The van der Waals surface area contributed by atoms with Crippen molar-refractivity contribution in [2.45, 2.75) is 26.7 Å². The molecule has 8 heteroatoms. The van der Waals surface area contributed by atoms with E-state index in [9.17, 15) is 19.7 Å². The molecule has 2 aromatic carbocycles. The number of nitrogens with zero attached hydrogens (tertiary/aromatic N) is 4. The summed E-state index contributed by atoms with van der Waals surface area (Å²) >= 11 is 0. The number of amides is 2. The summed E-state index contributed by atoms with van der Waals surface area (Å²) in [4.78, 5) is 42.8. The maximum absolute atomic E-state index is 13.3. The van der Waals surface area contributed by atoms with E-state index in [1.165, 1.54) is 35.0 Å². The molecule has 2 aliphatic heterocycles. The zero-order valence-electron chi connectivity index (χ0n) is 20.4. The van der Waals surface area contributed by atoms with Crippen molar-refractivity contribution >= 4 is 29.3 Å². The molecule has 0 radical (unpaired) electrons. The molecule has 0 saturated carbocycles. The largest absolute Gasteiger partial charge is 0.368 e. The number of piperidine rings is 1. The molecule has 2 fully saturated rings. The average Bonchev–Trinajstić information content (AvgIpc) is 2.87. The van der Waals surface area contributed by atoms with Crippen LogP contribution in [0, 0.1) is 29.9 Å². The van der Waals surface area contributed by atoms with E-state index in [0.29, 0.717) is 31.7 Å². The van der Waals surface area contributed by atoms with Gasteiger partial charge in [0.15, 0.2) is 0 Å². The molecule has 0 spiro atoms. The van der Waals surface area contributed by atoms with Gasteiger partial charge in [-0.3, -0.25) is 19.7 Å². The number of rotatable bonds is 5. The van der Waals surface area contributed by atoms with E-state index in [4.69, 9.17) is 0 Å². The van der Waals surface area contributed by atoms with E-state index in [2.05, 4.69) is 36.9 Å². The van der Waals surface area contributed by atoms with Gasteiger partial charge < -0.3 is 14.7 Å². The number of piperazine rings is 1. The van der Waals surface area contributed by atoms with Crippen LogP contribution >= 0.6 is 0 Å². The number of hydrogen-bond donors (Lipinski definition) is 0. The van der Waals surface area contributed by atoms with Crippen LogP contribution in [0.15, 0.2) is 48.5 Å². The summed E-state index contributed by atoms with van der Waals surface area (Å²) in [5, 5.41) is 11.2. The number of likely N-dealkylation sites (tertiary alicyclic amines) is 1. The second-order valence-electron chi connectivity index (χ2n) is 9.33. The summed E-state index contributed by atoms with van der Waals surface area (Å²) in [6, 6.07) is 12.6. The lowest BCUT2D eigenvalue weighted by atomic mass is 9.96. The topological polar surface area (TPSA) is 87.0 Å². The normalized spacial score (nSPS) is 18.7. The molecule has 2 aliphatic rings. The molecule has 0 N–H and O–H groups in total. The van der Waals surface area contributed by atoms with Crippen molar-refractivity contribution in [3.8, 4) is 0 Å². The predicted molar refractivity (Wildman–Crippen MR) is 136 cm³/mol. The summed E-state index contributed by atoms with van der Waals surface area (Å²) in [5.41, 5.74) is 4.11. The van der Waals surface area contributed by atoms with Crippen LogP contribution in [0.3, 0.4) is 0 Å². The quantitative estimate of drug-likeness (QED) is 0.372. The standard InChI is InChI=1S/C27H32N4O4/c1-20-7-5-8-21(2)26(20)28-15-17-29(18-16-28)27(33)23-10-6-14-30(19-23)25(32)13-12-22-9-3-4-11-24(22)31(34)35/h3-5,7-9,11-13,23H,6,10,14-19H2,1-2H3/b13-12+. The van der Waals surface area contributed by atoms with E-state index < -0.39 is 4.92 Å². The van der Waals surface area contributed by atoms with Crippen LogP contribution in [-0.4, -0.2) is 65.8 Å². The number of hydrogen-bond acceptors (Lipinski definition) is 5. The first-order valence-corrected chi connectivity index (χ1v) is 12.2. The number of nitro groups is 1. The van der Waals surface area contributed by atoms with Crippen molar-refractivity contribution in [3.05, 3.63) is 75.3 Å². The molecular formula is C27H32N4O4. The summed E-state index contributed by atoms with van der Waals surface area (Å²) in [6.07, 6.45) is 4.40. The van der Waals surface area contributed by atoms with Gasteiger partial charge in [-0.25, -0.2) is 0 Å². The van der Waals surface area contributed by atoms with Gasteiger partial charge >= 0.3 is 0 Å². The van der Waals surface area contributed by atoms with Gasteiger partial charge in [-0.15, -0.1) is 0 Å². The van der Waals surface area contributed by atoms with Crippen molar-refractivity contribution in [3.63, 3.8) is 0 Å². The number of carbonyl (C=O) groups is 2. The number of nitro benzene ring substituents is 1. The third kappa shape index (κ3) is 5.53. The van der Waals surface area contributed by atoms with Gasteiger partial charge in [0, 0.05) is 57.1 Å². The lowest BCUT2D eigenvalue weighted by molar-refractivity contribution is -0.385. The molecular weight excluding hydrogens is 444 g/mol. The second kappa shape index (κ2) is 10.7. The minimum atomic E-state index is -0.458. The Balaban J connectivity index is 1.35. The fourth-order valence-corrected chi connectivity index (χ4v) is 5.15. The van der Waals surface area contributed by atoms with Crippen LogP contribution < -0.4 is 4.90 Å². The second-order valence-corrected chi connectivity index (χ2v) is 9.33. The number of para-hydroxylation sites is 2. The molecule has 1 unspecified atom stereocenters. The average molecular weight is 477 g/mol. The highest BCUT2D eigenvalue weighted by Crippen LogP contribution is 2.27. The van der Waals surface area contributed by atoms with Crippen LogP contribution in [0.2, 0.25) is 0 Å². The molecule has 2 aromatic rings. The van der Waals surface area contributed by atoms with Crippen LogP contribution in [0.25, 0.3) is 6.08 Å². The molecule has 0 bridgehead atoms. The summed E-state index contributed by atoms with van der Waals surface area (Å²) in [5.74, 6) is -0.314. The van der Waals surface area contributed by atoms with Crippen LogP contribution in [0.5, 0.6) is 0 Å². The minimum Gasteiger partial charge on any atom is -0.368 e. The van der Waals surface area contributed by atoms with Crippen molar-refractivity contribution in [2.75, 3.05) is 44.2 Å². The Bertz CT molecular complexity index is 1120. The monoisotopic (exact) mass is 476 g/mol. The van der Waals surface area contributed by atoms with Crippen molar-refractivity contribution in [1.82, 2.24) is 9.80 Å². The Morgan fingerprint density at radius 1 is 0.943 bits per heavy atom. The van der Waals surface area contributed by atoms with Gasteiger partial charge in [0.2, 0.25) is 11.8 Å². The lowest BCUT2D eigenvalue weighted by Crippen LogP contribution is -2.53. The smallest absolute Gasteiger partial charge is 0.276 e. The Hall–Kier alpha value is -3.68. The zero-order chi connectivity index (χ0) is 24.9. The van der Waals surface area contributed by atoms with Gasteiger partial charge in [0.05, 0.1) is 16.4 Å². The van der Waals surface area contributed by atoms with Crippen LogP contribution in [0.1, 0.15) is 29.5 Å². The number of anilines is 1. The van der Waals surface area contributed by atoms with E-state index in [0.717, 1.165) is 25.9 Å².